The van der Waals surface area contributed by atoms with E-state index in [1.54, 1.807) is 0 Å². The van der Waals surface area contributed by atoms with Gasteiger partial charge in [0.1, 0.15) is 0 Å². The average molecular weight is 290 g/mol. The van der Waals surface area contributed by atoms with Gasteiger partial charge in [-0.15, -0.1) is 0 Å². The molecule has 2 N–H and O–H groups in total. The van der Waals surface area contributed by atoms with Crippen molar-refractivity contribution in [3.63, 3.8) is 0 Å². The number of nitrogens with two attached hydrogens (primary N) is 1. The third kappa shape index (κ3) is 4.53. The van der Waals surface area contributed by atoms with E-state index in [9.17, 15) is 0 Å². The second kappa shape index (κ2) is 7.39. The number of hydrogen-bond donors (Lipinski definition) is 1. The van der Waals surface area contributed by atoms with Gasteiger partial charge >= 0.3 is 0 Å². The Morgan fingerprint density at radius 2 is 2.05 bits per heavy atom. The van der Waals surface area contributed by atoms with Crippen LogP contribution in [-0.4, -0.2) is 37.2 Å². The molecule has 0 spiro atoms. The smallest absolute Gasteiger partial charge is 0.0702 e. The maximum atomic E-state index is 6.53. The summed E-state index contributed by atoms with van der Waals surface area (Å²) in [6, 6.07) is 10.5. The van der Waals surface area contributed by atoms with Crippen molar-refractivity contribution in [2.75, 3.05) is 26.2 Å². The van der Waals surface area contributed by atoms with Gasteiger partial charge in [0.25, 0.3) is 0 Å². The van der Waals surface area contributed by atoms with Crippen LogP contribution in [0.2, 0.25) is 0 Å². The number of nitrogens with zero attached hydrogens (tertiary/aromatic N) is 1. The van der Waals surface area contributed by atoms with Crippen molar-refractivity contribution < 1.29 is 4.74 Å². The lowest BCUT2D eigenvalue weighted by Gasteiger charge is -2.40. The van der Waals surface area contributed by atoms with Crippen molar-refractivity contribution in [2.45, 2.75) is 45.8 Å². The van der Waals surface area contributed by atoms with Gasteiger partial charge in [-0.05, 0) is 37.3 Å². The fourth-order valence-electron chi connectivity index (χ4n) is 3.31. The van der Waals surface area contributed by atoms with Crippen LogP contribution in [0.1, 0.15) is 45.2 Å². The predicted octanol–water partition coefficient (Wildman–Crippen LogP) is 3.21. The Labute approximate surface area is 129 Å². The molecule has 3 nitrogen and oxygen atoms in total. The minimum atomic E-state index is 0.0510. The molecule has 1 heterocycles. The normalized spacial score (nSPS) is 22.2. The van der Waals surface area contributed by atoms with Crippen LogP contribution >= 0.6 is 0 Å². The molecule has 3 heteroatoms. The first kappa shape index (κ1) is 16.5. The van der Waals surface area contributed by atoms with Gasteiger partial charge in [-0.1, -0.05) is 44.2 Å². The highest BCUT2D eigenvalue weighted by atomic mass is 16.5. The van der Waals surface area contributed by atoms with Gasteiger partial charge < -0.3 is 15.4 Å². The molecule has 21 heavy (non-hydrogen) atoms. The Kier molecular flexibility index (Phi) is 5.80. The third-order valence-corrected chi connectivity index (χ3v) is 4.50. The number of likely N-dealkylation sites (tertiary alicyclic amines) is 1. The molecule has 0 saturated carbocycles. The molecule has 0 aromatic heterocycles. The second-order valence-corrected chi connectivity index (χ2v) is 6.83. The maximum Gasteiger partial charge on any atom is 0.0702 e. The lowest BCUT2D eigenvalue weighted by molar-refractivity contribution is -0.00602. The molecule has 118 valence electrons. The number of hydrogen-bond acceptors (Lipinski definition) is 3. The van der Waals surface area contributed by atoms with Crippen molar-refractivity contribution in [3.8, 4) is 0 Å². The summed E-state index contributed by atoms with van der Waals surface area (Å²) >= 11 is 0. The zero-order chi connectivity index (χ0) is 15.3. The van der Waals surface area contributed by atoms with E-state index in [-0.39, 0.29) is 11.5 Å². The summed E-state index contributed by atoms with van der Waals surface area (Å²) < 4.78 is 5.80. The molecule has 1 aliphatic heterocycles. The first-order chi connectivity index (χ1) is 10.0. The maximum absolute atomic E-state index is 6.53. The van der Waals surface area contributed by atoms with E-state index in [1.807, 2.05) is 6.07 Å². The van der Waals surface area contributed by atoms with Crippen LogP contribution in [0.3, 0.4) is 0 Å². The van der Waals surface area contributed by atoms with Crippen molar-refractivity contribution in [1.82, 2.24) is 4.90 Å². The Hall–Kier alpha value is -0.900. The van der Waals surface area contributed by atoms with Crippen LogP contribution in [-0.2, 0) is 4.74 Å². The first-order valence-corrected chi connectivity index (χ1v) is 8.17. The number of piperidine rings is 1. The summed E-state index contributed by atoms with van der Waals surface area (Å²) in [4.78, 5) is 2.52. The molecule has 0 aliphatic carbocycles. The topological polar surface area (TPSA) is 38.5 Å². The molecule has 1 aromatic rings. The SMILES string of the molecule is CCOC1CCCN(CC(C)(C)C(N)c2ccccc2)C1. The molecule has 0 radical (unpaired) electrons. The minimum absolute atomic E-state index is 0.0510. The Bertz CT molecular complexity index is 416. The molecule has 1 aromatic carbocycles. The van der Waals surface area contributed by atoms with Gasteiger partial charge in [0.15, 0.2) is 0 Å². The van der Waals surface area contributed by atoms with Gasteiger partial charge in [-0.25, -0.2) is 0 Å². The summed E-state index contributed by atoms with van der Waals surface area (Å²) in [7, 11) is 0. The van der Waals surface area contributed by atoms with E-state index >= 15 is 0 Å². The highest BCUT2D eigenvalue weighted by Crippen LogP contribution is 2.33. The standard InChI is InChI=1S/C18H30N2O/c1-4-21-16-11-8-12-20(13-16)14-18(2,3)17(19)15-9-6-5-7-10-15/h5-7,9-10,16-17H,4,8,11-14,19H2,1-3H3. The molecule has 0 bridgehead atoms. The third-order valence-electron chi connectivity index (χ3n) is 4.50. The van der Waals surface area contributed by atoms with Gasteiger partial charge in [0.05, 0.1) is 6.10 Å². The van der Waals surface area contributed by atoms with E-state index in [2.05, 4.69) is 49.9 Å². The van der Waals surface area contributed by atoms with Crippen LogP contribution in [0.15, 0.2) is 30.3 Å². The lowest BCUT2D eigenvalue weighted by atomic mass is 9.80. The van der Waals surface area contributed by atoms with Crippen LogP contribution in [0, 0.1) is 5.41 Å². The number of benzene rings is 1. The summed E-state index contributed by atoms with van der Waals surface area (Å²) in [5.74, 6) is 0. The molecular weight excluding hydrogens is 260 g/mol. The first-order valence-electron chi connectivity index (χ1n) is 8.17. The molecule has 2 atom stereocenters. The summed E-state index contributed by atoms with van der Waals surface area (Å²) in [5, 5.41) is 0. The molecule has 1 fully saturated rings. The van der Waals surface area contributed by atoms with Crippen LogP contribution < -0.4 is 5.73 Å². The monoisotopic (exact) mass is 290 g/mol. The van der Waals surface area contributed by atoms with Crippen LogP contribution in [0.25, 0.3) is 0 Å². The van der Waals surface area contributed by atoms with Crippen molar-refractivity contribution >= 4 is 0 Å². The lowest BCUT2D eigenvalue weighted by Crippen LogP contribution is -2.46. The summed E-state index contributed by atoms with van der Waals surface area (Å²) in [6.45, 7) is 10.7. The van der Waals surface area contributed by atoms with E-state index in [1.165, 1.54) is 18.4 Å². The average Bonchev–Trinajstić information content (AvgIpc) is 2.47. The molecule has 2 unspecified atom stereocenters. The molecule has 1 saturated heterocycles. The van der Waals surface area contributed by atoms with E-state index in [4.69, 9.17) is 10.5 Å². The Morgan fingerprint density at radius 3 is 2.71 bits per heavy atom. The molecular formula is C18H30N2O. The Morgan fingerprint density at radius 1 is 1.33 bits per heavy atom. The van der Waals surface area contributed by atoms with Crippen molar-refractivity contribution in [1.29, 1.82) is 0 Å². The van der Waals surface area contributed by atoms with E-state index in [0.29, 0.717) is 6.10 Å². The summed E-state index contributed by atoms with van der Waals surface area (Å²) in [6.07, 6.45) is 2.81. The highest BCUT2D eigenvalue weighted by molar-refractivity contribution is 5.20. The zero-order valence-corrected chi connectivity index (χ0v) is 13.7. The van der Waals surface area contributed by atoms with Gasteiger partial charge in [0.2, 0.25) is 0 Å². The largest absolute Gasteiger partial charge is 0.377 e. The van der Waals surface area contributed by atoms with Crippen molar-refractivity contribution in [3.05, 3.63) is 35.9 Å². The number of rotatable bonds is 6. The fourth-order valence-corrected chi connectivity index (χ4v) is 3.31. The van der Waals surface area contributed by atoms with E-state index < -0.39 is 0 Å². The van der Waals surface area contributed by atoms with Gasteiger partial charge in [-0.2, -0.15) is 0 Å². The molecule has 1 aliphatic rings. The quantitative estimate of drug-likeness (QED) is 0.874. The predicted molar refractivity (Wildman–Crippen MR) is 88.2 cm³/mol. The van der Waals surface area contributed by atoms with Gasteiger partial charge in [0, 0.05) is 25.7 Å². The summed E-state index contributed by atoms with van der Waals surface area (Å²) in [5.41, 5.74) is 7.80. The van der Waals surface area contributed by atoms with E-state index in [0.717, 1.165) is 26.2 Å². The van der Waals surface area contributed by atoms with Crippen LogP contribution in [0.4, 0.5) is 0 Å². The minimum Gasteiger partial charge on any atom is -0.377 e. The second-order valence-electron chi connectivity index (χ2n) is 6.83. The zero-order valence-electron chi connectivity index (χ0n) is 13.7. The fraction of sp³-hybridized carbons (Fsp3) is 0.667. The highest BCUT2D eigenvalue weighted by Gasteiger charge is 2.32. The molecule has 0 amide bonds. The Balaban J connectivity index is 1.96. The van der Waals surface area contributed by atoms with Crippen LogP contribution in [0.5, 0.6) is 0 Å². The van der Waals surface area contributed by atoms with Gasteiger partial charge in [-0.3, -0.25) is 0 Å². The number of ether oxygens (including phenoxy) is 1. The molecule has 2 rings (SSSR count). The van der Waals surface area contributed by atoms with Crippen molar-refractivity contribution in [2.24, 2.45) is 11.1 Å².